The predicted molar refractivity (Wildman–Crippen MR) is 74.1 cm³/mol. The van der Waals surface area contributed by atoms with Gasteiger partial charge in [0.2, 0.25) is 0 Å². The minimum absolute atomic E-state index is 0.0497. The highest BCUT2D eigenvalue weighted by atomic mass is 16.3. The van der Waals surface area contributed by atoms with E-state index >= 15 is 0 Å². The summed E-state index contributed by atoms with van der Waals surface area (Å²) in [6.07, 6.45) is -0.343. The fourth-order valence-corrected chi connectivity index (χ4v) is 2.32. The van der Waals surface area contributed by atoms with Gasteiger partial charge in [-0.3, -0.25) is 0 Å². The van der Waals surface area contributed by atoms with Gasteiger partial charge in [0.1, 0.15) is 0 Å². The average Bonchev–Trinajstić information content (AvgIpc) is 2.15. The standard InChI is InChI=1S/C16H26O/c1-15(2,3)13(14(17)16(4,5)6)12-10-8-7-9-11-12/h7-11,13-14,17H,1-6H3. The van der Waals surface area contributed by atoms with Gasteiger partial charge in [0.25, 0.3) is 0 Å². The molecule has 0 bridgehead atoms. The number of hydrogen-bond acceptors (Lipinski definition) is 1. The van der Waals surface area contributed by atoms with Crippen LogP contribution in [0.15, 0.2) is 30.3 Å². The molecule has 0 aliphatic carbocycles. The second-order valence-corrected chi connectivity index (χ2v) is 7.07. The minimum Gasteiger partial charge on any atom is -0.392 e. The minimum atomic E-state index is -0.343. The van der Waals surface area contributed by atoms with Gasteiger partial charge in [-0.2, -0.15) is 0 Å². The first-order valence-corrected chi connectivity index (χ1v) is 6.37. The highest BCUT2D eigenvalue weighted by Gasteiger charge is 2.38. The molecule has 0 spiro atoms. The molecule has 0 saturated heterocycles. The molecule has 1 N–H and O–H groups in total. The van der Waals surface area contributed by atoms with Crippen LogP contribution < -0.4 is 0 Å². The van der Waals surface area contributed by atoms with E-state index in [2.05, 4.69) is 53.7 Å². The third-order valence-corrected chi connectivity index (χ3v) is 3.29. The molecule has 2 unspecified atom stereocenters. The third-order valence-electron chi connectivity index (χ3n) is 3.29. The normalized spacial score (nSPS) is 16.6. The zero-order valence-corrected chi connectivity index (χ0v) is 12.0. The zero-order valence-electron chi connectivity index (χ0n) is 12.0. The first-order chi connectivity index (χ1) is 7.64. The predicted octanol–water partition coefficient (Wildman–Crippen LogP) is 4.22. The molecule has 0 aliphatic rings. The van der Waals surface area contributed by atoms with Gasteiger partial charge in [-0.05, 0) is 16.4 Å². The van der Waals surface area contributed by atoms with Crippen molar-refractivity contribution in [2.75, 3.05) is 0 Å². The molecule has 1 aromatic rings. The van der Waals surface area contributed by atoms with E-state index in [4.69, 9.17) is 0 Å². The average molecular weight is 234 g/mol. The van der Waals surface area contributed by atoms with Crippen LogP contribution in [-0.2, 0) is 0 Å². The lowest BCUT2D eigenvalue weighted by atomic mass is 9.67. The second kappa shape index (κ2) is 4.81. The van der Waals surface area contributed by atoms with E-state index in [1.165, 1.54) is 5.56 Å². The monoisotopic (exact) mass is 234 g/mol. The van der Waals surface area contributed by atoms with Crippen LogP contribution in [-0.4, -0.2) is 11.2 Å². The van der Waals surface area contributed by atoms with Crippen molar-refractivity contribution in [2.45, 2.75) is 53.6 Å². The molecular weight excluding hydrogens is 208 g/mol. The number of hydrogen-bond donors (Lipinski definition) is 1. The maximum atomic E-state index is 10.6. The lowest BCUT2D eigenvalue weighted by molar-refractivity contribution is 0.00474. The quantitative estimate of drug-likeness (QED) is 0.812. The molecule has 96 valence electrons. The molecule has 17 heavy (non-hydrogen) atoms. The number of aliphatic hydroxyl groups is 1. The summed E-state index contributed by atoms with van der Waals surface area (Å²) >= 11 is 0. The van der Waals surface area contributed by atoms with E-state index in [0.717, 1.165) is 0 Å². The second-order valence-electron chi connectivity index (χ2n) is 7.07. The van der Waals surface area contributed by atoms with Crippen molar-refractivity contribution >= 4 is 0 Å². The van der Waals surface area contributed by atoms with Crippen LogP contribution in [0, 0.1) is 10.8 Å². The van der Waals surface area contributed by atoms with Gasteiger partial charge >= 0.3 is 0 Å². The van der Waals surface area contributed by atoms with Crippen LogP contribution in [0.1, 0.15) is 53.0 Å². The van der Waals surface area contributed by atoms with Gasteiger partial charge in [-0.15, -0.1) is 0 Å². The van der Waals surface area contributed by atoms with Crippen LogP contribution in [0.5, 0.6) is 0 Å². The van der Waals surface area contributed by atoms with Crippen molar-refractivity contribution in [2.24, 2.45) is 10.8 Å². The Morgan fingerprint density at radius 3 is 1.65 bits per heavy atom. The summed E-state index contributed by atoms with van der Waals surface area (Å²) < 4.78 is 0. The Hall–Kier alpha value is -0.820. The number of rotatable bonds is 2. The number of aliphatic hydroxyl groups excluding tert-OH is 1. The fourth-order valence-electron chi connectivity index (χ4n) is 2.32. The molecule has 0 radical (unpaired) electrons. The van der Waals surface area contributed by atoms with Crippen molar-refractivity contribution in [3.05, 3.63) is 35.9 Å². The van der Waals surface area contributed by atoms with Gasteiger partial charge in [-0.25, -0.2) is 0 Å². The van der Waals surface area contributed by atoms with Crippen molar-refractivity contribution in [3.63, 3.8) is 0 Å². The van der Waals surface area contributed by atoms with Crippen LogP contribution in [0.2, 0.25) is 0 Å². The molecule has 0 heterocycles. The van der Waals surface area contributed by atoms with Crippen molar-refractivity contribution < 1.29 is 5.11 Å². The lowest BCUT2D eigenvalue weighted by Crippen LogP contribution is -2.38. The van der Waals surface area contributed by atoms with Crippen molar-refractivity contribution in [1.82, 2.24) is 0 Å². The highest BCUT2D eigenvalue weighted by Crippen LogP contribution is 2.43. The fraction of sp³-hybridized carbons (Fsp3) is 0.625. The molecule has 1 heteroatoms. The summed E-state index contributed by atoms with van der Waals surface area (Å²) in [6, 6.07) is 10.3. The smallest absolute Gasteiger partial charge is 0.0661 e. The SMILES string of the molecule is CC(C)(C)C(O)C(c1ccccc1)C(C)(C)C. The molecule has 0 amide bonds. The molecule has 0 saturated carbocycles. The summed E-state index contributed by atoms with van der Waals surface area (Å²) in [5, 5.41) is 10.6. The summed E-state index contributed by atoms with van der Waals surface area (Å²) in [5.74, 6) is 0.156. The molecule has 2 atom stereocenters. The zero-order chi connectivity index (χ0) is 13.3. The van der Waals surface area contributed by atoms with Gasteiger partial charge in [0.15, 0.2) is 0 Å². The van der Waals surface area contributed by atoms with E-state index in [0.29, 0.717) is 0 Å². The maximum Gasteiger partial charge on any atom is 0.0661 e. The molecule has 1 rings (SSSR count). The van der Waals surface area contributed by atoms with Crippen LogP contribution in [0.25, 0.3) is 0 Å². The lowest BCUT2D eigenvalue weighted by Gasteiger charge is -2.41. The summed E-state index contributed by atoms with van der Waals surface area (Å²) in [6.45, 7) is 12.9. The Bertz CT molecular complexity index is 340. The highest BCUT2D eigenvalue weighted by molar-refractivity contribution is 5.23. The molecule has 0 aliphatic heterocycles. The van der Waals surface area contributed by atoms with E-state index in [1.807, 2.05) is 18.2 Å². The summed E-state index contributed by atoms with van der Waals surface area (Å²) in [5.41, 5.74) is 1.17. The first-order valence-electron chi connectivity index (χ1n) is 6.37. The molecule has 1 aromatic carbocycles. The Morgan fingerprint density at radius 1 is 0.824 bits per heavy atom. The van der Waals surface area contributed by atoms with E-state index in [-0.39, 0.29) is 22.9 Å². The Labute approximate surface area is 106 Å². The van der Waals surface area contributed by atoms with E-state index in [1.54, 1.807) is 0 Å². The maximum absolute atomic E-state index is 10.6. The van der Waals surface area contributed by atoms with Gasteiger partial charge in [0, 0.05) is 5.92 Å². The molecule has 0 fully saturated rings. The third kappa shape index (κ3) is 3.57. The van der Waals surface area contributed by atoms with E-state index < -0.39 is 0 Å². The largest absolute Gasteiger partial charge is 0.392 e. The summed E-state index contributed by atoms with van der Waals surface area (Å²) in [4.78, 5) is 0. The Balaban J connectivity index is 3.15. The molecular formula is C16H26O. The topological polar surface area (TPSA) is 20.2 Å². The number of benzene rings is 1. The summed E-state index contributed by atoms with van der Waals surface area (Å²) in [7, 11) is 0. The molecule has 0 aromatic heterocycles. The van der Waals surface area contributed by atoms with Crippen LogP contribution >= 0.6 is 0 Å². The van der Waals surface area contributed by atoms with Crippen LogP contribution in [0.4, 0.5) is 0 Å². The Morgan fingerprint density at radius 2 is 1.29 bits per heavy atom. The Kier molecular flexibility index (Phi) is 4.03. The van der Waals surface area contributed by atoms with Crippen molar-refractivity contribution in [1.29, 1.82) is 0 Å². The van der Waals surface area contributed by atoms with Crippen molar-refractivity contribution in [3.8, 4) is 0 Å². The molecule has 1 nitrogen and oxygen atoms in total. The van der Waals surface area contributed by atoms with E-state index in [9.17, 15) is 5.11 Å². The van der Waals surface area contributed by atoms with Gasteiger partial charge < -0.3 is 5.11 Å². The van der Waals surface area contributed by atoms with Gasteiger partial charge in [-0.1, -0.05) is 71.9 Å². The van der Waals surface area contributed by atoms with Gasteiger partial charge in [0.05, 0.1) is 6.10 Å². The first kappa shape index (κ1) is 14.2. The van der Waals surface area contributed by atoms with Crippen LogP contribution in [0.3, 0.4) is 0 Å².